The minimum absolute atomic E-state index is 0.539. The van der Waals surface area contributed by atoms with E-state index in [2.05, 4.69) is 4.90 Å². The summed E-state index contributed by atoms with van der Waals surface area (Å²) in [7, 11) is 0. The molecule has 1 N–H and O–H groups in total. The van der Waals surface area contributed by atoms with Crippen molar-refractivity contribution in [3.8, 4) is 0 Å². The molecule has 2 fully saturated rings. The fourth-order valence-corrected chi connectivity index (χ4v) is 2.71. The Labute approximate surface area is 78.7 Å². The van der Waals surface area contributed by atoms with Crippen LogP contribution in [-0.4, -0.2) is 41.9 Å². The van der Waals surface area contributed by atoms with E-state index in [0.29, 0.717) is 12.6 Å². The highest BCUT2D eigenvalue weighted by molar-refractivity contribution is 4.94. The van der Waals surface area contributed by atoms with Gasteiger partial charge in [0.05, 0.1) is 6.10 Å². The van der Waals surface area contributed by atoms with E-state index in [4.69, 9.17) is 5.11 Å². The minimum Gasteiger partial charge on any atom is -0.389 e. The Bertz CT molecular complexity index is 176. The molecule has 0 aromatic rings. The highest BCUT2D eigenvalue weighted by Crippen LogP contribution is 2.36. The first kappa shape index (κ1) is 9.41. The van der Waals surface area contributed by atoms with Crippen molar-refractivity contribution < 1.29 is 9.50 Å². The Morgan fingerprint density at radius 1 is 1.38 bits per heavy atom. The number of halogens is 1. The van der Waals surface area contributed by atoms with Crippen LogP contribution in [0, 0.1) is 5.92 Å². The lowest BCUT2D eigenvalue weighted by atomic mass is 9.77. The summed E-state index contributed by atoms with van der Waals surface area (Å²) in [6, 6.07) is 0.662. The fraction of sp³-hybridized carbons (Fsp3) is 1.00. The lowest BCUT2D eigenvalue weighted by molar-refractivity contribution is -0.0448. The van der Waals surface area contributed by atoms with Gasteiger partial charge in [-0.15, -0.1) is 0 Å². The van der Waals surface area contributed by atoms with Crippen LogP contribution in [0.1, 0.15) is 25.7 Å². The van der Waals surface area contributed by atoms with Crippen LogP contribution in [0.15, 0.2) is 0 Å². The van der Waals surface area contributed by atoms with Crippen molar-refractivity contribution in [2.45, 2.75) is 37.8 Å². The predicted octanol–water partition coefficient (Wildman–Crippen LogP) is 1.19. The van der Waals surface area contributed by atoms with Crippen molar-refractivity contribution in [2.24, 2.45) is 5.92 Å². The molecular weight excluding hydrogens is 169 g/mol. The number of hydrogen-bond acceptors (Lipinski definition) is 2. The largest absolute Gasteiger partial charge is 0.389 e. The van der Waals surface area contributed by atoms with Gasteiger partial charge in [-0.05, 0) is 18.8 Å². The lowest BCUT2D eigenvalue weighted by Crippen LogP contribution is -2.59. The molecule has 1 aliphatic heterocycles. The summed E-state index contributed by atoms with van der Waals surface area (Å²) in [6.45, 7) is 1.02. The summed E-state index contributed by atoms with van der Waals surface area (Å²) in [5.74, 6) is 0.848. The zero-order valence-electron chi connectivity index (χ0n) is 7.95. The summed E-state index contributed by atoms with van der Waals surface area (Å²) in [5.41, 5.74) is 0. The Morgan fingerprint density at radius 2 is 2.15 bits per heavy atom. The molecule has 0 aromatic carbocycles. The van der Waals surface area contributed by atoms with Gasteiger partial charge in [-0.25, -0.2) is 4.39 Å². The van der Waals surface area contributed by atoms with E-state index in [1.165, 1.54) is 25.7 Å². The smallest absolute Gasteiger partial charge is 0.117 e. The summed E-state index contributed by atoms with van der Waals surface area (Å²) >= 11 is 0. The lowest BCUT2D eigenvalue weighted by Gasteiger charge is -2.51. The molecule has 2 aliphatic rings. The van der Waals surface area contributed by atoms with Crippen molar-refractivity contribution in [3.63, 3.8) is 0 Å². The molecule has 0 amide bonds. The van der Waals surface area contributed by atoms with Crippen molar-refractivity contribution in [1.29, 1.82) is 0 Å². The van der Waals surface area contributed by atoms with Crippen LogP contribution in [0.4, 0.5) is 4.39 Å². The zero-order valence-corrected chi connectivity index (χ0v) is 7.95. The van der Waals surface area contributed by atoms with Crippen LogP contribution < -0.4 is 0 Å². The van der Waals surface area contributed by atoms with Gasteiger partial charge < -0.3 is 5.11 Å². The Morgan fingerprint density at radius 3 is 2.85 bits per heavy atom. The van der Waals surface area contributed by atoms with Crippen LogP contribution >= 0.6 is 0 Å². The highest BCUT2D eigenvalue weighted by Gasteiger charge is 2.40. The number of aliphatic hydroxyl groups is 1. The monoisotopic (exact) mass is 187 g/mol. The second-order valence-corrected chi connectivity index (χ2v) is 4.37. The average molecular weight is 187 g/mol. The number of rotatable bonds is 3. The van der Waals surface area contributed by atoms with E-state index in [0.717, 1.165) is 12.5 Å². The van der Waals surface area contributed by atoms with Gasteiger partial charge in [0, 0.05) is 19.1 Å². The SMILES string of the molecule is OC(CF)CN1CC2CCCCC21. The molecule has 1 saturated heterocycles. The van der Waals surface area contributed by atoms with E-state index < -0.39 is 12.8 Å². The Hall–Kier alpha value is -0.150. The first-order valence-electron chi connectivity index (χ1n) is 5.29. The fourth-order valence-electron chi connectivity index (χ4n) is 2.71. The third kappa shape index (κ3) is 1.86. The van der Waals surface area contributed by atoms with Gasteiger partial charge in [0.2, 0.25) is 0 Å². The van der Waals surface area contributed by atoms with Crippen molar-refractivity contribution in [2.75, 3.05) is 19.8 Å². The molecule has 3 heteroatoms. The van der Waals surface area contributed by atoms with E-state index in [-0.39, 0.29) is 0 Å². The molecule has 0 spiro atoms. The number of nitrogens with zero attached hydrogens (tertiary/aromatic N) is 1. The maximum Gasteiger partial charge on any atom is 0.117 e. The summed E-state index contributed by atoms with van der Waals surface area (Å²) in [4.78, 5) is 2.24. The maximum absolute atomic E-state index is 12.1. The molecule has 1 aliphatic carbocycles. The molecule has 1 saturated carbocycles. The van der Waals surface area contributed by atoms with E-state index >= 15 is 0 Å². The molecule has 0 radical (unpaired) electrons. The standard InChI is InChI=1S/C10H18FNO/c11-5-9(13)7-12-6-8-3-1-2-4-10(8)12/h8-10,13H,1-7H2. The molecule has 3 atom stereocenters. The molecule has 0 bridgehead atoms. The molecule has 0 aromatic heterocycles. The molecule has 2 nitrogen and oxygen atoms in total. The summed E-state index contributed by atoms with van der Waals surface area (Å²) in [5, 5.41) is 9.17. The zero-order chi connectivity index (χ0) is 9.26. The number of aliphatic hydroxyl groups excluding tert-OH is 1. The Balaban J connectivity index is 1.77. The average Bonchev–Trinajstić information content (AvgIpc) is 2.14. The summed E-state index contributed by atoms with van der Waals surface area (Å²) in [6.07, 6.45) is 4.50. The van der Waals surface area contributed by atoms with Gasteiger partial charge in [-0.1, -0.05) is 12.8 Å². The number of fused-ring (bicyclic) bond motifs is 1. The number of β-amino-alcohol motifs (C(OH)–C–C–N with tert-alkyl or cyclic N) is 1. The van der Waals surface area contributed by atoms with Crippen LogP contribution in [0.25, 0.3) is 0 Å². The van der Waals surface area contributed by atoms with Crippen molar-refractivity contribution in [3.05, 3.63) is 0 Å². The number of alkyl halides is 1. The number of hydrogen-bond donors (Lipinski definition) is 1. The van der Waals surface area contributed by atoms with Crippen molar-refractivity contribution in [1.82, 2.24) is 4.90 Å². The van der Waals surface area contributed by atoms with E-state index in [1.54, 1.807) is 0 Å². The van der Waals surface area contributed by atoms with Gasteiger partial charge in [0.25, 0.3) is 0 Å². The quantitative estimate of drug-likeness (QED) is 0.717. The molecular formula is C10H18FNO. The predicted molar refractivity (Wildman–Crippen MR) is 49.3 cm³/mol. The topological polar surface area (TPSA) is 23.5 Å². The summed E-state index contributed by atoms with van der Waals surface area (Å²) < 4.78 is 12.1. The van der Waals surface area contributed by atoms with Gasteiger partial charge >= 0.3 is 0 Å². The number of likely N-dealkylation sites (tertiary alicyclic amines) is 1. The third-order valence-corrected chi connectivity index (χ3v) is 3.43. The van der Waals surface area contributed by atoms with Gasteiger partial charge in [-0.2, -0.15) is 0 Å². The van der Waals surface area contributed by atoms with Gasteiger partial charge in [-0.3, -0.25) is 4.90 Å². The molecule has 76 valence electrons. The Kier molecular flexibility index (Phi) is 2.84. The molecule has 1 heterocycles. The van der Waals surface area contributed by atoms with Gasteiger partial charge in [0.1, 0.15) is 6.67 Å². The molecule has 3 unspecified atom stereocenters. The maximum atomic E-state index is 12.1. The normalized spacial score (nSPS) is 36.5. The second-order valence-electron chi connectivity index (χ2n) is 4.37. The molecule has 2 rings (SSSR count). The minimum atomic E-state index is -0.761. The first-order valence-corrected chi connectivity index (χ1v) is 5.29. The van der Waals surface area contributed by atoms with Crippen molar-refractivity contribution >= 4 is 0 Å². The van der Waals surface area contributed by atoms with Crippen LogP contribution in [0.2, 0.25) is 0 Å². The van der Waals surface area contributed by atoms with Gasteiger partial charge in [0.15, 0.2) is 0 Å². The van der Waals surface area contributed by atoms with Crippen LogP contribution in [-0.2, 0) is 0 Å². The van der Waals surface area contributed by atoms with Crippen LogP contribution in [0.3, 0.4) is 0 Å². The first-order chi connectivity index (χ1) is 6.31. The van der Waals surface area contributed by atoms with Crippen LogP contribution in [0.5, 0.6) is 0 Å². The highest BCUT2D eigenvalue weighted by atomic mass is 19.1. The van der Waals surface area contributed by atoms with E-state index in [1.807, 2.05) is 0 Å². The van der Waals surface area contributed by atoms with E-state index in [9.17, 15) is 4.39 Å². The molecule has 13 heavy (non-hydrogen) atoms. The third-order valence-electron chi connectivity index (χ3n) is 3.43. The second kappa shape index (κ2) is 3.93.